The van der Waals surface area contributed by atoms with E-state index in [2.05, 4.69) is 15.5 Å². The van der Waals surface area contributed by atoms with Crippen molar-refractivity contribution in [2.75, 3.05) is 31.6 Å². The predicted molar refractivity (Wildman–Crippen MR) is 129 cm³/mol. The summed E-state index contributed by atoms with van der Waals surface area (Å²) in [6, 6.07) is 13.5. The third kappa shape index (κ3) is 6.41. The van der Waals surface area contributed by atoms with Crippen LogP contribution in [0.25, 0.3) is 0 Å². The molecule has 7 heteroatoms. The average molecular weight is 451 g/mol. The summed E-state index contributed by atoms with van der Waals surface area (Å²) >= 11 is 0. The molecule has 176 valence electrons. The number of amides is 2. The second-order valence-corrected chi connectivity index (χ2v) is 8.93. The molecule has 4 N–H and O–H groups in total. The fourth-order valence-electron chi connectivity index (χ4n) is 4.47. The smallest absolute Gasteiger partial charge is 0.251 e. The summed E-state index contributed by atoms with van der Waals surface area (Å²) < 4.78 is 5.46. The number of anilines is 1. The molecular formula is C26H34N4O3. The Hall–Kier alpha value is -2.74. The number of ether oxygens (including phenoxy) is 1. The first-order valence-corrected chi connectivity index (χ1v) is 11.9. The number of hydrogen-bond donors (Lipinski definition) is 3. The highest BCUT2D eigenvalue weighted by atomic mass is 16.5. The van der Waals surface area contributed by atoms with Crippen LogP contribution in [0.5, 0.6) is 0 Å². The SMILES string of the molecule is NCc1ccc(CNC(=O)c2ccc(CN3CCOCC3)c(NC(=O)C3CCCC3)c2)cc1. The van der Waals surface area contributed by atoms with Crippen LogP contribution in [-0.2, 0) is 29.2 Å². The van der Waals surface area contributed by atoms with Crippen LogP contribution in [-0.4, -0.2) is 43.0 Å². The van der Waals surface area contributed by atoms with E-state index in [4.69, 9.17) is 10.5 Å². The maximum atomic E-state index is 12.9. The van der Waals surface area contributed by atoms with Crippen molar-refractivity contribution in [1.29, 1.82) is 0 Å². The van der Waals surface area contributed by atoms with Gasteiger partial charge in [-0.2, -0.15) is 0 Å². The molecule has 1 aliphatic carbocycles. The normalized spacial score (nSPS) is 17.1. The van der Waals surface area contributed by atoms with Crippen LogP contribution >= 0.6 is 0 Å². The van der Waals surface area contributed by atoms with E-state index in [1.807, 2.05) is 42.5 Å². The van der Waals surface area contributed by atoms with Crippen LogP contribution in [0.4, 0.5) is 5.69 Å². The Morgan fingerprint density at radius 3 is 2.39 bits per heavy atom. The molecule has 7 nitrogen and oxygen atoms in total. The standard InChI is InChI=1S/C26H34N4O3/c27-16-19-5-7-20(8-6-19)17-28-25(31)22-9-10-23(18-30-11-13-33-14-12-30)24(15-22)29-26(32)21-3-1-2-4-21/h5-10,15,21H,1-4,11-14,16-18,27H2,(H,28,31)(H,29,32). The summed E-state index contributed by atoms with van der Waals surface area (Å²) in [6.07, 6.45) is 4.09. The van der Waals surface area contributed by atoms with Gasteiger partial charge in [-0.05, 0) is 41.7 Å². The zero-order chi connectivity index (χ0) is 23.0. The molecule has 0 spiro atoms. The zero-order valence-corrected chi connectivity index (χ0v) is 19.1. The fraction of sp³-hybridized carbons (Fsp3) is 0.462. The number of nitrogens with two attached hydrogens (primary N) is 1. The second kappa shape index (κ2) is 11.4. The zero-order valence-electron chi connectivity index (χ0n) is 19.1. The monoisotopic (exact) mass is 450 g/mol. The van der Waals surface area contributed by atoms with Gasteiger partial charge in [0.1, 0.15) is 0 Å². The van der Waals surface area contributed by atoms with Crippen LogP contribution in [0.3, 0.4) is 0 Å². The van der Waals surface area contributed by atoms with Gasteiger partial charge >= 0.3 is 0 Å². The molecule has 0 radical (unpaired) electrons. The highest BCUT2D eigenvalue weighted by Crippen LogP contribution is 2.28. The van der Waals surface area contributed by atoms with Crippen LogP contribution in [0, 0.1) is 5.92 Å². The summed E-state index contributed by atoms with van der Waals surface area (Å²) in [5.41, 5.74) is 10.0. The van der Waals surface area contributed by atoms with Gasteiger partial charge in [-0.3, -0.25) is 14.5 Å². The van der Waals surface area contributed by atoms with Crippen LogP contribution in [0.1, 0.15) is 52.7 Å². The van der Waals surface area contributed by atoms with Crippen molar-refractivity contribution in [3.63, 3.8) is 0 Å². The Balaban J connectivity index is 1.46. The minimum atomic E-state index is -0.160. The maximum Gasteiger partial charge on any atom is 0.251 e. The molecule has 0 aromatic heterocycles. The van der Waals surface area contributed by atoms with Gasteiger partial charge in [0.15, 0.2) is 0 Å². The van der Waals surface area contributed by atoms with E-state index < -0.39 is 0 Å². The Morgan fingerprint density at radius 2 is 1.70 bits per heavy atom. The van der Waals surface area contributed by atoms with Gasteiger partial charge in [-0.25, -0.2) is 0 Å². The van der Waals surface area contributed by atoms with Crippen molar-refractivity contribution in [2.24, 2.45) is 11.7 Å². The van der Waals surface area contributed by atoms with Gasteiger partial charge in [0, 0.05) is 49.9 Å². The first-order valence-electron chi connectivity index (χ1n) is 11.9. The van der Waals surface area contributed by atoms with E-state index in [0.29, 0.717) is 18.7 Å². The summed E-state index contributed by atoms with van der Waals surface area (Å²) in [4.78, 5) is 28.0. The third-order valence-corrected chi connectivity index (χ3v) is 6.57. The molecule has 4 rings (SSSR count). The van der Waals surface area contributed by atoms with Gasteiger partial charge in [-0.15, -0.1) is 0 Å². The van der Waals surface area contributed by atoms with E-state index in [1.165, 1.54) is 0 Å². The number of benzene rings is 2. The van der Waals surface area contributed by atoms with Gasteiger partial charge in [0.05, 0.1) is 13.2 Å². The quantitative estimate of drug-likeness (QED) is 0.574. The molecule has 2 fully saturated rings. The topological polar surface area (TPSA) is 96.7 Å². The first-order chi connectivity index (χ1) is 16.1. The second-order valence-electron chi connectivity index (χ2n) is 8.93. The molecule has 2 amide bonds. The molecule has 0 bridgehead atoms. The van der Waals surface area contributed by atoms with Crippen LogP contribution < -0.4 is 16.4 Å². The largest absolute Gasteiger partial charge is 0.379 e. The highest BCUT2D eigenvalue weighted by Gasteiger charge is 2.24. The molecule has 2 aliphatic rings. The Kier molecular flexibility index (Phi) is 8.10. The minimum absolute atomic E-state index is 0.0632. The summed E-state index contributed by atoms with van der Waals surface area (Å²) in [5.74, 6) is -0.0318. The van der Waals surface area contributed by atoms with E-state index in [-0.39, 0.29) is 17.7 Å². The van der Waals surface area contributed by atoms with E-state index in [1.54, 1.807) is 0 Å². The molecule has 33 heavy (non-hydrogen) atoms. The van der Waals surface area contributed by atoms with Crippen molar-refractivity contribution < 1.29 is 14.3 Å². The number of carbonyl (C=O) groups excluding carboxylic acids is 2. The molecule has 2 aromatic rings. The van der Waals surface area contributed by atoms with Gasteiger partial charge in [0.25, 0.3) is 5.91 Å². The first kappa shape index (κ1) is 23.4. The Bertz CT molecular complexity index is 949. The molecule has 1 saturated carbocycles. The number of hydrogen-bond acceptors (Lipinski definition) is 5. The number of nitrogens with one attached hydrogen (secondary N) is 2. The molecule has 0 unspecified atom stereocenters. The van der Waals surface area contributed by atoms with Gasteiger partial charge in [0.2, 0.25) is 5.91 Å². The lowest BCUT2D eigenvalue weighted by molar-refractivity contribution is -0.119. The summed E-state index contributed by atoms with van der Waals surface area (Å²) in [5, 5.41) is 6.11. The predicted octanol–water partition coefficient (Wildman–Crippen LogP) is 3.04. The van der Waals surface area contributed by atoms with Crippen molar-refractivity contribution in [2.45, 2.75) is 45.3 Å². The Morgan fingerprint density at radius 1 is 1.00 bits per heavy atom. The van der Waals surface area contributed by atoms with Crippen molar-refractivity contribution in [3.05, 3.63) is 64.7 Å². The molecular weight excluding hydrogens is 416 g/mol. The lowest BCUT2D eigenvalue weighted by Gasteiger charge is -2.27. The van der Waals surface area contributed by atoms with E-state index in [9.17, 15) is 9.59 Å². The minimum Gasteiger partial charge on any atom is -0.379 e. The summed E-state index contributed by atoms with van der Waals surface area (Å²) in [7, 11) is 0. The number of carbonyl (C=O) groups is 2. The van der Waals surface area contributed by atoms with Crippen LogP contribution in [0.2, 0.25) is 0 Å². The van der Waals surface area contributed by atoms with Gasteiger partial charge in [-0.1, -0.05) is 43.2 Å². The highest BCUT2D eigenvalue weighted by molar-refractivity contribution is 5.98. The molecule has 0 atom stereocenters. The third-order valence-electron chi connectivity index (χ3n) is 6.57. The summed E-state index contributed by atoms with van der Waals surface area (Å²) in [6.45, 7) is 4.82. The number of morpholine rings is 1. The fourth-order valence-corrected chi connectivity index (χ4v) is 4.47. The molecule has 2 aromatic carbocycles. The van der Waals surface area contributed by atoms with Crippen molar-refractivity contribution >= 4 is 17.5 Å². The Labute approximate surface area is 195 Å². The number of rotatable bonds is 8. The average Bonchev–Trinajstić information content (AvgIpc) is 3.40. The van der Waals surface area contributed by atoms with Crippen LogP contribution in [0.15, 0.2) is 42.5 Å². The molecule has 1 saturated heterocycles. The molecule has 1 aliphatic heterocycles. The molecule has 1 heterocycles. The number of nitrogens with zero attached hydrogens (tertiary/aromatic N) is 1. The van der Waals surface area contributed by atoms with E-state index >= 15 is 0 Å². The van der Waals surface area contributed by atoms with Gasteiger partial charge < -0.3 is 21.1 Å². The van der Waals surface area contributed by atoms with Crippen molar-refractivity contribution in [1.82, 2.24) is 10.2 Å². The van der Waals surface area contributed by atoms with E-state index in [0.717, 1.165) is 80.9 Å². The lowest BCUT2D eigenvalue weighted by atomic mass is 10.0. The lowest BCUT2D eigenvalue weighted by Crippen LogP contribution is -2.36. The maximum absolute atomic E-state index is 12.9. The van der Waals surface area contributed by atoms with Crippen molar-refractivity contribution in [3.8, 4) is 0 Å².